The monoisotopic (exact) mass is 254 g/mol. The highest BCUT2D eigenvalue weighted by molar-refractivity contribution is 5.45. The van der Waals surface area contributed by atoms with E-state index in [1.54, 1.807) is 20.3 Å². The molecule has 0 radical (unpaired) electrons. The molecule has 0 aliphatic rings. The van der Waals surface area contributed by atoms with Crippen LogP contribution in [0.15, 0.2) is 6.07 Å². The first-order chi connectivity index (χ1) is 8.56. The minimum atomic E-state index is 0.180. The van der Waals surface area contributed by atoms with Crippen molar-refractivity contribution in [1.29, 1.82) is 0 Å². The molecule has 3 N–H and O–H groups in total. The van der Waals surface area contributed by atoms with Gasteiger partial charge >= 0.3 is 0 Å². The van der Waals surface area contributed by atoms with Crippen molar-refractivity contribution in [3.8, 4) is 0 Å². The lowest BCUT2D eigenvalue weighted by molar-refractivity contribution is 0.170. The zero-order chi connectivity index (χ0) is 13.5. The van der Waals surface area contributed by atoms with Gasteiger partial charge in [-0.25, -0.2) is 9.97 Å². The van der Waals surface area contributed by atoms with E-state index in [0.29, 0.717) is 36.6 Å². The number of hydrogen-bond acceptors (Lipinski definition) is 6. The lowest BCUT2D eigenvalue weighted by atomic mass is 10.1. The summed E-state index contributed by atoms with van der Waals surface area (Å²) < 4.78 is 10.2. The Kier molecular flexibility index (Phi) is 5.80. The molecule has 1 heterocycles. The highest BCUT2D eigenvalue weighted by Crippen LogP contribution is 2.13. The quantitative estimate of drug-likeness (QED) is 0.763. The van der Waals surface area contributed by atoms with E-state index in [0.717, 1.165) is 0 Å². The molecule has 1 aromatic heterocycles. The molecule has 0 aromatic carbocycles. The fraction of sp³-hybridized carbons (Fsp3) is 0.667. The van der Waals surface area contributed by atoms with Crippen molar-refractivity contribution < 1.29 is 9.47 Å². The first-order valence-corrected chi connectivity index (χ1v) is 5.94. The summed E-state index contributed by atoms with van der Waals surface area (Å²) in [5.74, 6) is 2.12. The second-order valence-corrected chi connectivity index (χ2v) is 4.48. The molecular formula is C12H22N4O2. The van der Waals surface area contributed by atoms with Gasteiger partial charge in [0.25, 0.3) is 0 Å². The number of nitrogens with two attached hydrogens (primary N) is 1. The predicted molar refractivity (Wildman–Crippen MR) is 71.3 cm³/mol. The van der Waals surface area contributed by atoms with E-state index in [-0.39, 0.29) is 6.04 Å². The third-order valence-corrected chi connectivity index (χ3v) is 2.55. The third-order valence-electron chi connectivity index (χ3n) is 2.55. The highest BCUT2D eigenvalue weighted by atomic mass is 16.5. The summed E-state index contributed by atoms with van der Waals surface area (Å²) in [4.78, 5) is 8.44. The van der Waals surface area contributed by atoms with Crippen LogP contribution in [0.2, 0.25) is 0 Å². The van der Waals surface area contributed by atoms with Crippen LogP contribution in [0.1, 0.15) is 19.7 Å². The summed E-state index contributed by atoms with van der Waals surface area (Å²) in [7, 11) is 3.28. The Balaban J connectivity index is 2.81. The second kappa shape index (κ2) is 7.13. The van der Waals surface area contributed by atoms with E-state index >= 15 is 0 Å². The first-order valence-electron chi connectivity index (χ1n) is 5.94. The maximum atomic E-state index is 5.74. The molecule has 0 spiro atoms. The first kappa shape index (κ1) is 14.7. The Morgan fingerprint density at radius 3 is 2.56 bits per heavy atom. The van der Waals surface area contributed by atoms with Gasteiger partial charge in [0.15, 0.2) is 5.82 Å². The van der Waals surface area contributed by atoms with Crippen LogP contribution >= 0.6 is 0 Å². The van der Waals surface area contributed by atoms with Gasteiger partial charge in [0.2, 0.25) is 0 Å². The minimum Gasteiger partial charge on any atom is -0.384 e. The SMILES string of the molecule is COCc1nc(N)cc(NC(COC)C(C)C)n1. The number of aromatic nitrogens is 2. The molecule has 1 atom stereocenters. The normalized spacial score (nSPS) is 12.7. The van der Waals surface area contributed by atoms with Crippen molar-refractivity contribution >= 4 is 11.6 Å². The maximum Gasteiger partial charge on any atom is 0.158 e. The van der Waals surface area contributed by atoms with Crippen molar-refractivity contribution in [2.75, 3.05) is 31.9 Å². The van der Waals surface area contributed by atoms with Gasteiger partial charge in [0.05, 0.1) is 12.6 Å². The van der Waals surface area contributed by atoms with Crippen LogP contribution in [-0.4, -0.2) is 36.8 Å². The van der Waals surface area contributed by atoms with Crippen LogP contribution in [0.3, 0.4) is 0 Å². The Bertz CT molecular complexity index is 371. The summed E-state index contributed by atoms with van der Waals surface area (Å²) >= 11 is 0. The fourth-order valence-corrected chi connectivity index (χ4v) is 1.56. The molecule has 102 valence electrons. The minimum absolute atomic E-state index is 0.180. The van der Waals surface area contributed by atoms with E-state index in [9.17, 15) is 0 Å². The second-order valence-electron chi connectivity index (χ2n) is 4.48. The Labute approximate surface area is 108 Å². The average Bonchev–Trinajstić information content (AvgIpc) is 2.28. The van der Waals surface area contributed by atoms with Crippen LogP contribution in [0, 0.1) is 5.92 Å². The molecule has 0 fully saturated rings. The largest absolute Gasteiger partial charge is 0.384 e. The molecule has 1 rings (SSSR count). The summed E-state index contributed by atoms with van der Waals surface area (Å²) in [5.41, 5.74) is 5.74. The Morgan fingerprint density at radius 2 is 2.00 bits per heavy atom. The molecule has 0 saturated carbocycles. The van der Waals surface area contributed by atoms with Crippen molar-refractivity contribution in [1.82, 2.24) is 9.97 Å². The number of nitrogens with zero attached hydrogens (tertiary/aromatic N) is 2. The molecule has 18 heavy (non-hydrogen) atoms. The fourth-order valence-electron chi connectivity index (χ4n) is 1.56. The summed E-state index contributed by atoms with van der Waals surface area (Å²) in [6.45, 7) is 5.20. The number of rotatable bonds is 7. The van der Waals surface area contributed by atoms with Crippen LogP contribution < -0.4 is 11.1 Å². The van der Waals surface area contributed by atoms with E-state index in [1.807, 2.05) is 0 Å². The van der Waals surface area contributed by atoms with Gasteiger partial charge in [-0.15, -0.1) is 0 Å². The van der Waals surface area contributed by atoms with E-state index in [2.05, 4.69) is 29.1 Å². The van der Waals surface area contributed by atoms with Gasteiger partial charge in [-0.1, -0.05) is 13.8 Å². The molecule has 6 nitrogen and oxygen atoms in total. The molecule has 6 heteroatoms. The molecule has 0 aliphatic carbocycles. The van der Waals surface area contributed by atoms with Crippen molar-refractivity contribution in [2.24, 2.45) is 5.92 Å². The standard InChI is InChI=1S/C12H22N4O2/c1-8(2)9(6-17-3)14-11-5-10(13)15-12(16-11)7-18-4/h5,8-9H,6-7H2,1-4H3,(H3,13,14,15,16). The lowest BCUT2D eigenvalue weighted by Gasteiger charge is -2.22. The molecule has 1 aromatic rings. The van der Waals surface area contributed by atoms with Crippen LogP contribution in [-0.2, 0) is 16.1 Å². The van der Waals surface area contributed by atoms with Crippen molar-refractivity contribution in [3.05, 3.63) is 11.9 Å². The summed E-state index contributed by atoms with van der Waals surface area (Å²) in [6, 6.07) is 1.89. The van der Waals surface area contributed by atoms with Crippen molar-refractivity contribution in [2.45, 2.75) is 26.5 Å². The average molecular weight is 254 g/mol. The van der Waals surface area contributed by atoms with Crippen LogP contribution in [0.4, 0.5) is 11.6 Å². The highest BCUT2D eigenvalue weighted by Gasteiger charge is 2.14. The topological polar surface area (TPSA) is 82.3 Å². The zero-order valence-electron chi connectivity index (χ0n) is 11.4. The van der Waals surface area contributed by atoms with Gasteiger partial charge in [-0.3, -0.25) is 0 Å². The number of nitrogens with one attached hydrogen (secondary N) is 1. The Hall–Kier alpha value is -1.40. The van der Waals surface area contributed by atoms with Gasteiger partial charge < -0.3 is 20.5 Å². The predicted octanol–water partition coefficient (Wildman–Crippen LogP) is 1.29. The van der Waals surface area contributed by atoms with E-state index in [1.165, 1.54) is 0 Å². The van der Waals surface area contributed by atoms with Crippen molar-refractivity contribution in [3.63, 3.8) is 0 Å². The maximum absolute atomic E-state index is 5.74. The Morgan fingerprint density at radius 1 is 1.28 bits per heavy atom. The molecular weight excluding hydrogens is 232 g/mol. The van der Waals surface area contributed by atoms with Gasteiger partial charge in [0, 0.05) is 20.3 Å². The summed E-state index contributed by atoms with van der Waals surface area (Å²) in [6.07, 6.45) is 0. The number of methoxy groups -OCH3 is 2. The molecule has 0 amide bonds. The van der Waals surface area contributed by atoms with Gasteiger partial charge in [0.1, 0.15) is 18.2 Å². The summed E-state index contributed by atoms with van der Waals surface area (Å²) in [5, 5.41) is 3.31. The van der Waals surface area contributed by atoms with Gasteiger partial charge in [-0.05, 0) is 5.92 Å². The number of hydrogen-bond donors (Lipinski definition) is 2. The zero-order valence-corrected chi connectivity index (χ0v) is 11.4. The number of nitrogen functional groups attached to an aromatic ring is 1. The van der Waals surface area contributed by atoms with Crippen LogP contribution in [0.5, 0.6) is 0 Å². The van der Waals surface area contributed by atoms with Gasteiger partial charge in [-0.2, -0.15) is 0 Å². The lowest BCUT2D eigenvalue weighted by Crippen LogP contribution is -2.31. The third kappa shape index (κ3) is 4.46. The smallest absolute Gasteiger partial charge is 0.158 e. The molecule has 0 bridgehead atoms. The van der Waals surface area contributed by atoms with E-state index < -0.39 is 0 Å². The molecule has 1 unspecified atom stereocenters. The molecule has 0 saturated heterocycles. The molecule has 0 aliphatic heterocycles. The van der Waals surface area contributed by atoms with E-state index in [4.69, 9.17) is 15.2 Å². The number of ether oxygens (including phenoxy) is 2. The van der Waals surface area contributed by atoms with Crippen LogP contribution in [0.25, 0.3) is 0 Å². The number of anilines is 2.